The maximum Gasteiger partial charge on any atom is 0.332 e. The molecule has 0 aliphatic carbocycles. The third-order valence-corrected chi connectivity index (χ3v) is 5.66. The highest BCUT2D eigenvalue weighted by molar-refractivity contribution is 5.74. The molecule has 0 saturated heterocycles. The summed E-state index contributed by atoms with van der Waals surface area (Å²) in [4.78, 5) is 29.8. The number of benzene rings is 1. The smallest absolute Gasteiger partial charge is 0.332 e. The van der Waals surface area contributed by atoms with Gasteiger partial charge in [0.05, 0.1) is 19.4 Å². The molecule has 0 saturated carbocycles. The third-order valence-electron chi connectivity index (χ3n) is 5.66. The fourth-order valence-electron chi connectivity index (χ4n) is 3.60. The van der Waals surface area contributed by atoms with Crippen molar-refractivity contribution in [2.75, 3.05) is 11.9 Å². The number of anilines is 1. The standard InChI is InChI=1S/C23H27N5O5/c1-14-7-8-17(10-15(14)2)33-13-16(29)12-28-19-20(26(3)23(31)27(4)21(19)30)25-22(28)24-11-18-6-5-9-32-18/h5-10,16,29H,11-13H2,1-4H3,(H,24,25)/t16-/m0/s1. The Labute approximate surface area is 189 Å². The summed E-state index contributed by atoms with van der Waals surface area (Å²) >= 11 is 0. The van der Waals surface area contributed by atoms with Crippen LogP contribution in [0.1, 0.15) is 16.9 Å². The van der Waals surface area contributed by atoms with Crippen molar-refractivity contribution in [2.24, 2.45) is 14.1 Å². The van der Waals surface area contributed by atoms with E-state index in [2.05, 4.69) is 10.3 Å². The fourth-order valence-corrected chi connectivity index (χ4v) is 3.60. The number of hydrogen-bond acceptors (Lipinski definition) is 7. The van der Waals surface area contributed by atoms with E-state index in [4.69, 9.17) is 9.15 Å². The van der Waals surface area contributed by atoms with E-state index in [-0.39, 0.29) is 24.3 Å². The highest BCUT2D eigenvalue weighted by Gasteiger charge is 2.21. The first-order valence-electron chi connectivity index (χ1n) is 10.6. The molecule has 4 rings (SSSR count). The SMILES string of the molecule is Cc1ccc(OC[C@@H](O)Cn2c(NCc3ccco3)nc3c2c(=O)n(C)c(=O)n3C)cc1C. The molecule has 0 unspecified atom stereocenters. The molecule has 10 nitrogen and oxygen atoms in total. The largest absolute Gasteiger partial charge is 0.491 e. The van der Waals surface area contributed by atoms with Crippen LogP contribution in [0, 0.1) is 13.8 Å². The normalized spacial score (nSPS) is 12.3. The number of nitrogens with one attached hydrogen (secondary N) is 1. The number of aliphatic hydroxyl groups is 1. The predicted molar refractivity (Wildman–Crippen MR) is 124 cm³/mol. The molecule has 33 heavy (non-hydrogen) atoms. The highest BCUT2D eigenvalue weighted by atomic mass is 16.5. The molecule has 0 aliphatic heterocycles. The minimum absolute atomic E-state index is 0.0197. The zero-order valence-corrected chi connectivity index (χ0v) is 19.0. The Morgan fingerprint density at radius 2 is 1.94 bits per heavy atom. The van der Waals surface area contributed by atoms with Crippen molar-refractivity contribution >= 4 is 17.1 Å². The van der Waals surface area contributed by atoms with Crippen LogP contribution < -0.4 is 21.3 Å². The fraction of sp³-hybridized carbons (Fsp3) is 0.348. The van der Waals surface area contributed by atoms with E-state index in [1.165, 1.54) is 11.6 Å². The first-order valence-corrected chi connectivity index (χ1v) is 10.6. The van der Waals surface area contributed by atoms with Crippen LogP contribution in [-0.2, 0) is 27.2 Å². The van der Waals surface area contributed by atoms with Gasteiger partial charge in [0.15, 0.2) is 11.2 Å². The summed E-state index contributed by atoms with van der Waals surface area (Å²) in [5.41, 5.74) is 1.72. The first kappa shape index (κ1) is 22.4. The van der Waals surface area contributed by atoms with Gasteiger partial charge < -0.3 is 24.1 Å². The van der Waals surface area contributed by atoms with Crippen molar-refractivity contribution < 1.29 is 14.3 Å². The van der Waals surface area contributed by atoms with Crippen LogP contribution >= 0.6 is 0 Å². The number of aliphatic hydroxyl groups excluding tert-OH is 1. The van der Waals surface area contributed by atoms with Gasteiger partial charge in [0.25, 0.3) is 5.56 Å². The van der Waals surface area contributed by atoms with Crippen LogP contribution in [0.25, 0.3) is 11.2 Å². The number of fused-ring (bicyclic) bond motifs is 1. The van der Waals surface area contributed by atoms with Gasteiger partial charge in [-0.3, -0.25) is 13.9 Å². The van der Waals surface area contributed by atoms with Crippen molar-refractivity contribution in [2.45, 2.75) is 33.0 Å². The van der Waals surface area contributed by atoms with Gasteiger partial charge in [0.2, 0.25) is 5.95 Å². The Morgan fingerprint density at radius 1 is 1.15 bits per heavy atom. The highest BCUT2D eigenvalue weighted by Crippen LogP contribution is 2.19. The first-order chi connectivity index (χ1) is 15.8. The number of imidazole rings is 1. The molecule has 0 amide bonds. The van der Waals surface area contributed by atoms with Crippen LogP contribution in [0.4, 0.5) is 5.95 Å². The van der Waals surface area contributed by atoms with Crippen molar-refractivity contribution in [3.05, 3.63) is 74.3 Å². The van der Waals surface area contributed by atoms with E-state index in [9.17, 15) is 14.7 Å². The van der Waals surface area contributed by atoms with Crippen molar-refractivity contribution in [3.63, 3.8) is 0 Å². The summed E-state index contributed by atoms with van der Waals surface area (Å²) < 4.78 is 15.0. The van der Waals surface area contributed by atoms with Crippen LogP contribution in [0.5, 0.6) is 5.75 Å². The van der Waals surface area contributed by atoms with E-state index >= 15 is 0 Å². The number of ether oxygens (including phenoxy) is 1. The molecule has 0 spiro atoms. The van der Waals surface area contributed by atoms with Crippen molar-refractivity contribution in [1.82, 2.24) is 18.7 Å². The number of furan rings is 1. The topological polar surface area (TPSA) is 116 Å². The lowest BCUT2D eigenvalue weighted by atomic mass is 10.1. The van der Waals surface area contributed by atoms with E-state index < -0.39 is 17.4 Å². The van der Waals surface area contributed by atoms with Gasteiger partial charge in [-0.2, -0.15) is 4.98 Å². The summed E-state index contributed by atoms with van der Waals surface area (Å²) in [5, 5.41) is 13.9. The van der Waals surface area contributed by atoms with Gasteiger partial charge in [0, 0.05) is 14.1 Å². The molecule has 3 heterocycles. The number of nitrogens with zero attached hydrogens (tertiary/aromatic N) is 4. The molecule has 0 fully saturated rings. The van der Waals surface area contributed by atoms with Crippen molar-refractivity contribution in [3.8, 4) is 5.75 Å². The Hall–Kier alpha value is -3.79. The van der Waals surface area contributed by atoms with Crippen LogP contribution in [0.15, 0.2) is 50.6 Å². The Kier molecular flexibility index (Phi) is 6.10. The molecule has 0 radical (unpaired) electrons. The molecule has 174 valence electrons. The second-order valence-electron chi connectivity index (χ2n) is 8.07. The molecule has 0 aliphatic rings. The summed E-state index contributed by atoms with van der Waals surface area (Å²) in [6, 6.07) is 9.30. The Morgan fingerprint density at radius 3 is 2.64 bits per heavy atom. The molecule has 2 N–H and O–H groups in total. The lowest BCUT2D eigenvalue weighted by molar-refractivity contribution is 0.0937. The van der Waals surface area contributed by atoms with Crippen LogP contribution in [0.2, 0.25) is 0 Å². The van der Waals surface area contributed by atoms with Crippen LogP contribution in [0.3, 0.4) is 0 Å². The molecule has 1 atom stereocenters. The average Bonchev–Trinajstić information content (AvgIpc) is 3.44. The third kappa shape index (κ3) is 4.42. The lowest BCUT2D eigenvalue weighted by Gasteiger charge is -2.16. The van der Waals surface area contributed by atoms with Gasteiger partial charge in [-0.15, -0.1) is 0 Å². The lowest BCUT2D eigenvalue weighted by Crippen LogP contribution is -2.38. The van der Waals surface area contributed by atoms with Crippen LogP contribution in [-0.4, -0.2) is 36.5 Å². The second-order valence-corrected chi connectivity index (χ2v) is 8.07. The molecular weight excluding hydrogens is 426 g/mol. The average molecular weight is 453 g/mol. The zero-order chi connectivity index (χ0) is 23.7. The van der Waals surface area contributed by atoms with Gasteiger partial charge in [-0.25, -0.2) is 4.79 Å². The van der Waals surface area contributed by atoms with Crippen molar-refractivity contribution in [1.29, 1.82) is 0 Å². The molecule has 0 bridgehead atoms. The number of rotatable bonds is 8. The van der Waals surface area contributed by atoms with Gasteiger partial charge >= 0.3 is 5.69 Å². The summed E-state index contributed by atoms with van der Waals surface area (Å²) in [5.74, 6) is 1.67. The quantitative estimate of drug-likeness (QED) is 0.417. The minimum atomic E-state index is -0.935. The van der Waals surface area contributed by atoms with Gasteiger partial charge in [-0.05, 0) is 49.2 Å². The minimum Gasteiger partial charge on any atom is -0.491 e. The molecular formula is C23H27N5O5. The molecule has 3 aromatic heterocycles. The zero-order valence-electron chi connectivity index (χ0n) is 19.0. The number of hydrogen-bond donors (Lipinski definition) is 2. The Balaban J connectivity index is 1.64. The van der Waals surface area contributed by atoms with E-state index in [0.717, 1.165) is 15.7 Å². The maximum atomic E-state index is 12.9. The van der Waals surface area contributed by atoms with Gasteiger partial charge in [0.1, 0.15) is 24.2 Å². The molecule has 1 aromatic carbocycles. The maximum absolute atomic E-state index is 12.9. The van der Waals surface area contributed by atoms with E-state index in [1.807, 2.05) is 32.0 Å². The summed E-state index contributed by atoms with van der Waals surface area (Å²) in [7, 11) is 2.97. The monoisotopic (exact) mass is 453 g/mol. The summed E-state index contributed by atoms with van der Waals surface area (Å²) in [6.07, 6.45) is 0.628. The van der Waals surface area contributed by atoms with E-state index in [1.54, 1.807) is 30.0 Å². The summed E-state index contributed by atoms with van der Waals surface area (Å²) in [6.45, 7) is 4.39. The predicted octanol–water partition coefficient (Wildman–Crippen LogP) is 1.70. The Bertz CT molecular complexity index is 1400. The van der Waals surface area contributed by atoms with Gasteiger partial charge in [-0.1, -0.05) is 6.07 Å². The molecule has 4 aromatic rings. The molecule has 10 heteroatoms. The van der Waals surface area contributed by atoms with E-state index in [0.29, 0.717) is 24.0 Å². The number of aromatic nitrogens is 4. The number of aryl methyl sites for hydroxylation is 3. The second kappa shape index (κ2) is 8.99.